The number of hydrogen-bond acceptors (Lipinski definition) is 6. The first-order valence-electron chi connectivity index (χ1n) is 10.2. The molecular formula is C21H25N7O. The third kappa shape index (κ3) is 3.33. The van der Waals surface area contributed by atoms with E-state index in [-0.39, 0.29) is 0 Å². The van der Waals surface area contributed by atoms with Crippen molar-refractivity contribution < 1.29 is 4.74 Å². The summed E-state index contributed by atoms with van der Waals surface area (Å²) in [4.78, 5) is 13.4. The highest BCUT2D eigenvalue weighted by Gasteiger charge is 2.21. The molecule has 1 N–H and O–H groups in total. The lowest BCUT2D eigenvalue weighted by atomic mass is 9.93. The van der Waals surface area contributed by atoms with Crippen molar-refractivity contribution >= 4 is 17.2 Å². The van der Waals surface area contributed by atoms with Gasteiger partial charge in [0.05, 0.1) is 24.0 Å². The summed E-state index contributed by atoms with van der Waals surface area (Å²) < 4.78 is 9.38. The molecule has 1 aliphatic rings. The van der Waals surface area contributed by atoms with Crippen LogP contribution in [0.25, 0.3) is 22.4 Å². The van der Waals surface area contributed by atoms with Crippen molar-refractivity contribution in [1.82, 2.24) is 29.0 Å². The lowest BCUT2D eigenvalue weighted by molar-refractivity contribution is 0.0681. The van der Waals surface area contributed by atoms with Crippen LogP contribution in [0.5, 0.6) is 0 Å². The number of fused-ring (bicyclic) bond motifs is 2. The molecule has 4 aromatic heterocycles. The van der Waals surface area contributed by atoms with Gasteiger partial charge in [0.2, 0.25) is 11.7 Å². The molecular weight excluding hydrogens is 366 g/mol. The third-order valence-corrected chi connectivity index (χ3v) is 5.87. The summed E-state index contributed by atoms with van der Waals surface area (Å²) in [7, 11) is 1.79. The second-order valence-electron chi connectivity index (χ2n) is 7.61. The molecule has 0 radical (unpaired) electrons. The van der Waals surface area contributed by atoms with Crippen LogP contribution in [0.3, 0.4) is 0 Å². The van der Waals surface area contributed by atoms with Gasteiger partial charge >= 0.3 is 0 Å². The SMILES string of the molecule is CCc1cnc2ncc(-c3ccn4nc(N[C@H]5CC[C@@H](OC)CC5)ncc34)cn12. The fraction of sp³-hybridized carbons (Fsp3) is 0.429. The number of ether oxygens (including phenoxy) is 1. The first-order chi connectivity index (χ1) is 14.2. The molecule has 29 heavy (non-hydrogen) atoms. The summed E-state index contributed by atoms with van der Waals surface area (Å²) >= 11 is 0. The zero-order chi connectivity index (χ0) is 19.8. The maximum atomic E-state index is 5.45. The highest BCUT2D eigenvalue weighted by Crippen LogP contribution is 2.26. The summed E-state index contributed by atoms with van der Waals surface area (Å²) in [6.45, 7) is 2.12. The predicted molar refractivity (Wildman–Crippen MR) is 111 cm³/mol. The van der Waals surface area contributed by atoms with Crippen molar-refractivity contribution in [2.75, 3.05) is 12.4 Å². The predicted octanol–water partition coefficient (Wildman–Crippen LogP) is 3.37. The van der Waals surface area contributed by atoms with Crippen LogP contribution in [0.4, 0.5) is 5.95 Å². The van der Waals surface area contributed by atoms with E-state index in [0.717, 1.165) is 60.2 Å². The van der Waals surface area contributed by atoms with E-state index >= 15 is 0 Å². The van der Waals surface area contributed by atoms with Crippen LogP contribution < -0.4 is 5.32 Å². The summed E-state index contributed by atoms with van der Waals surface area (Å²) in [6, 6.07) is 2.46. The molecule has 0 spiro atoms. The van der Waals surface area contributed by atoms with E-state index in [1.54, 1.807) is 7.11 Å². The van der Waals surface area contributed by atoms with Crippen LogP contribution in [-0.2, 0) is 11.2 Å². The number of aryl methyl sites for hydroxylation is 1. The van der Waals surface area contributed by atoms with Gasteiger partial charge < -0.3 is 10.1 Å². The van der Waals surface area contributed by atoms with E-state index in [9.17, 15) is 0 Å². The van der Waals surface area contributed by atoms with Crippen LogP contribution >= 0.6 is 0 Å². The largest absolute Gasteiger partial charge is 0.381 e. The summed E-state index contributed by atoms with van der Waals surface area (Å²) in [6.07, 6.45) is 15.3. The number of nitrogens with zero attached hydrogens (tertiary/aromatic N) is 6. The standard InChI is InChI=1S/C21H25N7O/c1-3-16-11-24-21-23-10-14(13-27(16)21)18-8-9-28-19(18)12-22-20(26-28)25-15-4-6-17(29-2)7-5-15/h8-13,15,17H,3-7H2,1-2H3,(H,25,26)/t15-,17+. The molecule has 1 fully saturated rings. The van der Waals surface area contributed by atoms with E-state index < -0.39 is 0 Å². The molecule has 1 saturated carbocycles. The lowest BCUT2D eigenvalue weighted by Crippen LogP contribution is -2.30. The number of nitrogens with one attached hydrogen (secondary N) is 1. The molecule has 8 nitrogen and oxygen atoms in total. The van der Waals surface area contributed by atoms with Crippen LogP contribution in [0.1, 0.15) is 38.3 Å². The molecule has 0 bridgehead atoms. The molecule has 0 aliphatic heterocycles. The van der Waals surface area contributed by atoms with Gasteiger partial charge in [-0.1, -0.05) is 6.92 Å². The maximum absolute atomic E-state index is 5.45. The molecule has 1 aliphatic carbocycles. The fourth-order valence-corrected chi connectivity index (χ4v) is 4.16. The van der Waals surface area contributed by atoms with Crippen molar-refractivity contribution in [3.63, 3.8) is 0 Å². The van der Waals surface area contributed by atoms with E-state index in [2.05, 4.69) is 44.6 Å². The molecule has 5 rings (SSSR count). The number of imidazole rings is 1. The first-order valence-corrected chi connectivity index (χ1v) is 10.2. The van der Waals surface area contributed by atoms with E-state index in [1.807, 2.05) is 33.7 Å². The highest BCUT2D eigenvalue weighted by atomic mass is 16.5. The Hall–Kier alpha value is -3.00. The molecule has 0 unspecified atom stereocenters. The van der Waals surface area contributed by atoms with Crippen molar-refractivity contribution in [2.45, 2.75) is 51.2 Å². The van der Waals surface area contributed by atoms with Crippen molar-refractivity contribution in [3.05, 3.63) is 42.7 Å². The maximum Gasteiger partial charge on any atom is 0.241 e. The number of rotatable bonds is 5. The molecule has 0 amide bonds. The van der Waals surface area contributed by atoms with Gasteiger partial charge in [-0.05, 0) is 38.2 Å². The zero-order valence-electron chi connectivity index (χ0n) is 16.7. The van der Waals surface area contributed by atoms with Crippen LogP contribution in [0.2, 0.25) is 0 Å². The Bertz CT molecular complexity index is 1140. The lowest BCUT2D eigenvalue weighted by Gasteiger charge is -2.28. The van der Waals surface area contributed by atoms with Crippen LogP contribution in [-0.4, -0.2) is 48.2 Å². The van der Waals surface area contributed by atoms with Gasteiger partial charge in [-0.2, -0.15) is 0 Å². The zero-order valence-corrected chi connectivity index (χ0v) is 16.7. The number of methoxy groups -OCH3 is 1. The molecule has 150 valence electrons. The van der Waals surface area contributed by atoms with Crippen LogP contribution in [0, 0.1) is 0 Å². The topological polar surface area (TPSA) is 81.6 Å². The van der Waals surface area contributed by atoms with Gasteiger partial charge in [0.25, 0.3) is 0 Å². The second-order valence-corrected chi connectivity index (χ2v) is 7.61. The summed E-state index contributed by atoms with van der Waals surface area (Å²) in [5.74, 6) is 1.39. The van der Waals surface area contributed by atoms with Gasteiger partial charge in [0.1, 0.15) is 0 Å². The number of aromatic nitrogens is 6. The van der Waals surface area contributed by atoms with E-state index in [4.69, 9.17) is 4.74 Å². The Balaban J connectivity index is 1.41. The monoisotopic (exact) mass is 391 g/mol. The Kier molecular flexibility index (Phi) is 4.63. The normalized spacial score (nSPS) is 19.8. The molecule has 0 saturated heterocycles. The minimum atomic E-state index is 0.387. The summed E-state index contributed by atoms with van der Waals surface area (Å²) in [5, 5.41) is 8.14. The molecule has 8 heteroatoms. The Morgan fingerprint density at radius 2 is 1.93 bits per heavy atom. The summed E-state index contributed by atoms with van der Waals surface area (Å²) in [5.41, 5.74) is 4.18. The minimum Gasteiger partial charge on any atom is -0.381 e. The van der Waals surface area contributed by atoms with Crippen LogP contribution in [0.15, 0.2) is 37.1 Å². The van der Waals surface area contributed by atoms with Gasteiger partial charge in [-0.15, -0.1) is 5.10 Å². The van der Waals surface area contributed by atoms with Gasteiger partial charge in [0, 0.05) is 48.6 Å². The van der Waals surface area contributed by atoms with Crippen molar-refractivity contribution in [3.8, 4) is 11.1 Å². The Morgan fingerprint density at radius 3 is 2.72 bits per heavy atom. The molecule has 0 aromatic carbocycles. The number of anilines is 1. The molecule has 0 atom stereocenters. The van der Waals surface area contributed by atoms with Crippen molar-refractivity contribution in [1.29, 1.82) is 0 Å². The number of hydrogen-bond donors (Lipinski definition) is 1. The van der Waals surface area contributed by atoms with E-state index in [0.29, 0.717) is 18.1 Å². The average molecular weight is 391 g/mol. The molecule has 4 aromatic rings. The second kappa shape index (κ2) is 7.44. The van der Waals surface area contributed by atoms with E-state index in [1.165, 1.54) is 0 Å². The minimum absolute atomic E-state index is 0.387. The Morgan fingerprint density at radius 1 is 1.10 bits per heavy atom. The Labute approximate surface area is 169 Å². The van der Waals surface area contributed by atoms with Gasteiger partial charge in [0.15, 0.2) is 0 Å². The van der Waals surface area contributed by atoms with Crippen molar-refractivity contribution in [2.24, 2.45) is 0 Å². The quantitative estimate of drug-likeness (QED) is 0.562. The van der Waals surface area contributed by atoms with Gasteiger partial charge in [-0.3, -0.25) is 4.40 Å². The van der Waals surface area contributed by atoms with Gasteiger partial charge in [-0.25, -0.2) is 19.5 Å². The third-order valence-electron chi connectivity index (χ3n) is 5.87. The average Bonchev–Trinajstić information content (AvgIpc) is 3.37. The first kappa shape index (κ1) is 18.1. The highest BCUT2D eigenvalue weighted by molar-refractivity contribution is 5.79. The fourth-order valence-electron chi connectivity index (χ4n) is 4.16. The smallest absolute Gasteiger partial charge is 0.241 e. The molecule has 4 heterocycles.